The number of aliphatic hydroxyl groups is 1. The zero-order valence-corrected chi connectivity index (χ0v) is 15.7. The molecule has 0 aliphatic rings. The Labute approximate surface area is 151 Å². The summed E-state index contributed by atoms with van der Waals surface area (Å²) in [5.74, 6) is -0.695. The fraction of sp³-hybridized carbons (Fsp3) is 0.684. The number of carbonyl (C=O) groups excluding carboxylic acids is 2. The fourth-order valence-electron chi connectivity index (χ4n) is 2.06. The van der Waals surface area contributed by atoms with Gasteiger partial charge in [0.05, 0.1) is 19.6 Å². The number of hydrogen-bond donors (Lipinski definition) is 1. The van der Waals surface area contributed by atoms with Gasteiger partial charge in [0.2, 0.25) is 0 Å². The number of nitrogens with zero attached hydrogens (tertiary/aromatic N) is 1. The van der Waals surface area contributed by atoms with Crippen molar-refractivity contribution in [1.29, 1.82) is 0 Å². The van der Waals surface area contributed by atoms with Crippen LogP contribution in [0.25, 0.3) is 0 Å². The predicted molar refractivity (Wildman–Crippen MR) is 98.1 cm³/mol. The van der Waals surface area contributed by atoms with Gasteiger partial charge in [-0.05, 0) is 19.3 Å². The highest BCUT2D eigenvalue weighted by atomic mass is 16.5. The third-order valence-electron chi connectivity index (χ3n) is 3.73. The molecule has 0 aromatic heterocycles. The molecular weight excluding hydrogens is 322 g/mol. The Kier molecular flexibility index (Phi) is 12.7. The smallest absolute Gasteiger partial charge is 0.330 e. The van der Waals surface area contributed by atoms with Crippen LogP contribution in [0.4, 0.5) is 0 Å². The molecule has 1 N–H and O–H groups in total. The van der Waals surface area contributed by atoms with E-state index in [-0.39, 0.29) is 31.2 Å². The van der Waals surface area contributed by atoms with Crippen molar-refractivity contribution in [3.63, 3.8) is 0 Å². The first kappa shape index (κ1) is 23.3. The van der Waals surface area contributed by atoms with Gasteiger partial charge in [-0.25, -0.2) is 4.79 Å². The predicted octanol–water partition coefficient (Wildman–Crippen LogP) is 2.33. The lowest BCUT2D eigenvalue weighted by Crippen LogP contribution is -2.30. The van der Waals surface area contributed by atoms with E-state index in [1.54, 1.807) is 0 Å². The number of carbonyl (C=O) groups is 2. The van der Waals surface area contributed by atoms with Crippen LogP contribution < -0.4 is 0 Å². The maximum absolute atomic E-state index is 12.0. The third-order valence-corrected chi connectivity index (χ3v) is 3.73. The molecule has 0 spiro atoms. The summed E-state index contributed by atoms with van der Waals surface area (Å²) in [5, 5.41) is 8.94. The van der Waals surface area contributed by atoms with Gasteiger partial charge in [-0.2, -0.15) is 0 Å². The van der Waals surface area contributed by atoms with Gasteiger partial charge in [0.15, 0.2) is 0 Å². The number of ether oxygens (including phenoxy) is 2. The number of hydrogen-bond acceptors (Lipinski definition) is 6. The van der Waals surface area contributed by atoms with Crippen molar-refractivity contribution in [3.8, 4) is 0 Å². The largest absolute Gasteiger partial charge is 0.465 e. The highest BCUT2D eigenvalue weighted by Gasteiger charge is 2.21. The molecule has 0 amide bonds. The van der Waals surface area contributed by atoms with E-state index in [1.807, 2.05) is 19.9 Å². The number of esters is 2. The van der Waals surface area contributed by atoms with Gasteiger partial charge in [-0.3, -0.25) is 4.79 Å². The second-order valence-electron chi connectivity index (χ2n) is 6.69. The van der Waals surface area contributed by atoms with E-state index in [1.165, 1.54) is 0 Å². The van der Waals surface area contributed by atoms with Crippen molar-refractivity contribution in [1.82, 2.24) is 4.90 Å². The molecule has 0 unspecified atom stereocenters. The Bertz CT molecular complexity index is 420. The highest BCUT2D eigenvalue weighted by Crippen LogP contribution is 2.21. The Balaban J connectivity index is 4.10. The van der Waals surface area contributed by atoms with E-state index in [0.717, 1.165) is 25.6 Å². The molecule has 0 heterocycles. The van der Waals surface area contributed by atoms with Crippen LogP contribution in [0.2, 0.25) is 0 Å². The van der Waals surface area contributed by atoms with Crippen LogP contribution in [0.1, 0.15) is 39.5 Å². The lowest BCUT2D eigenvalue weighted by Gasteiger charge is -2.24. The van der Waals surface area contributed by atoms with Gasteiger partial charge >= 0.3 is 11.9 Å². The third kappa shape index (κ3) is 13.3. The lowest BCUT2D eigenvalue weighted by atomic mass is 9.91. The van der Waals surface area contributed by atoms with Crippen molar-refractivity contribution < 1.29 is 24.2 Å². The van der Waals surface area contributed by atoms with Crippen LogP contribution in [-0.2, 0) is 19.1 Å². The molecule has 0 saturated heterocycles. The van der Waals surface area contributed by atoms with Gasteiger partial charge in [-0.1, -0.05) is 26.5 Å². The average Bonchev–Trinajstić information content (AvgIpc) is 2.59. The van der Waals surface area contributed by atoms with Crippen molar-refractivity contribution >= 4 is 11.9 Å². The quantitative estimate of drug-likeness (QED) is 0.276. The van der Waals surface area contributed by atoms with Gasteiger partial charge in [0.25, 0.3) is 0 Å². The van der Waals surface area contributed by atoms with E-state index in [9.17, 15) is 9.59 Å². The molecule has 25 heavy (non-hydrogen) atoms. The van der Waals surface area contributed by atoms with Gasteiger partial charge in [0.1, 0.15) is 0 Å². The fourth-order valence-corrected chi connectivity index (χ4v) is 2.06. The molecule has 0 atom stereocenters. The molecule has 0 aliphatic heterocycles. The zero-order chi connectivity index (χ0) is 19.1. The Morgan fingerprint density at radius 1 is 1.16 bits per heavy atom. The molecule has 144 valence electrons. The standard InChI is InChI=1S/C19H33NO5/c1-5-7-11-20(12-8-14-21)13-9-18(23)25-16-19(3,4)10-15-24-17(22)6-2/h5-6,21H,1-2,7-16H2,3-4H3. The summed E-state index contributed by atoms with van der Waals surface area (Å²) in [7, 11) is 0. The molecule has 0 bridgehead atoms. The summed E-state index contributed by atoms with van der Waals surface area (Å²) in [6.07, 6.45) is 5.40. The zero-order valence-electron chi connectivity index (χ0n) is 15.7. The molecule has 0 saturated carbocycles. The van der Waals surface area contributed by atoms with Crippen molar-refractivity contribution in [2.24, 2.45) is 5.41 Å². The molecule has 0 aromatic carbocycles. The summed E-state index contributed by atoms with van der Waals surface area (Å²) >= 11 is 0. The van der Waals surface area contributed by atoms with Crippen LogP contribution in [0, 0.1) is 5.41 Å². The maximum Gasteiger partial charge on any atom is 0.330 e. The van der Waals surface area contributed by atoms with Crippen LogP contribution in [-0.4, -0.2) is 61.4 Å². The van der Waals surface area contributed by atoms with Crippen LogP contribution >= 0.6 is 0 Å². The molecule has 6 heteroatoms. The Morgan fingerprint density at radius 2 is 1.88 bits per heavy atom. The minimum Gasteiger partial charge on any atom is -0.465 e. The summed E-state index contributed by atoms with van der Waals surface area (Å²) in [6.45, 7) is 13.8. The second-order valence-corrected chi connectivity index (χ2v) is 6.69. The van der Waals surface area contributed by atoms with Crippen LogP contribution in [0.15, 0.2) is 25.3 Å². The first-order valence-electron chi connectivity index (χ1n) is 8.73. The van der Waals surface area contributed by atoms with E-state index >= 15 is 0 Å². The number of aliphatic hydroxyl groups excluding tert-OH is 1. The van der Waals surface area contributed by atoms with Crippen molar-refractivity contribution in [2.45, 2.75) is 39.5 Å². The molecule has 0 aliphatic carbocycles. The first-order valence-corrected chi connectivity index (χ1v) is 8.73. The normalized spacial score (nSPS) is 11.2. The minimum absolute atomic E-state index is 0.139. The average molecular weight is 355 g/mol. The van der Waals surface area contributed by atoms with Crippen LogP contribution in [0.3, 0.4) is 0 Å². The summed E-state index contributed by atoms with van der Waals surface area (Å²) in [6, 6.07) is 0. The van der Waals surface area contributed by atoms with Gasteiger partial charge in [-0.15, -0.1) is 6.58 Å². The SMILES string of the molecule is C=CCCN(CCCO)CCC(=O)OCC(C)(C)CCOC(=O)C=C. The Morgan fingerprint density at radius 3 is 2.48 bits per heavy atom. The van der Waals surface area contributed by atoms with E-state index in [2.05, 4.69) is 18.1 Å². The molecule has 0 radical (unpaired) electrons. The van der Waals surface area contributed by atoms with E-state index in [4.69, 9.17) is 14.6 Å². The monoisotopic (exact) mass is 355 g/mol. The van der Waals surface area contributed by atoms with Crippen LogP contribution in [0.5, 0.6) is 0 Å². The second kappa shape index (κ2) is 13.6. The van der Waals surface area contributed by atoms with Gasteiger partial charge in [0, 0.05) is 37.7 Å². The Hall–Kier alpha value is -1.66. The topological polar surface area (TPSA) is 76.1 Å². The molecule has 0 aromatic rings. The summed E-state index contributed by atoms with van der Waals surface area (Å²) < 4.78 is 10.3. The molecule has 6 nitrogen and oxygen atoms in total. The highest BCUT2D eigenvalue weighted by molar-refractivity contribution is 5.81. The first-order chi connectivity index (χ1) is 11.8. The van der Waals surface area contributed by atoms with Crippen molar-refractivity contribution in [2.75, 3.05) is 39.5 Å². The maximum atomic E-state index is 12.0. The van der Waals surface area contributed by atoms with E-state index < -0.39 is 5.97 Å². The number of rotatable bonds is 15. The molecule has 0 fully saturated rings. The summed E-state index contributed by atoms with van der Waals surface area (Å²) in [5.41, 5.74) is -0.267. The lowest BCUT2D eigenvalue weighted by molar-refractivity contribution is -0.148. The summed E-state index contributed by atoms with van der Waals surface area (Å²) in [4.78, 5) is 25.1. The van der Waals surface area contributed by atoms with E-state index in [0.29, 0.717) is 25.8 Å². The molecular formula is C19H33NO5. The molecule has 0 rings (SSSR count). The van der Waals surface area contributed by atoms with Crippen molar-refractivity contribution in [3.05, 3.63) is 25.3 Å². The van der Waals surface area contributed by atoms with Gasteiger partial charge < -0.3 is 19.5 Å². The minimum atomic E-state index is -0.449.